The van der Waals surface area contributed by atoms with Crippen LogP contribution in [0, 0.1) is 0 Å². The fraction of sp³-hybridized carbons (Fsp3) is 0.0769. The second-order valence-corrected chi connectivity index (χ2v) is 8.29. The van der Waals surface area contributed by atoms with Crippen LogP contribution in [0.1, 0.15) is 16.1 Å². The van der Waals surface area contributed by atoms with E-state index in [-0.39, 0.29) is 0 Å². The normalized spacial score (nSPS) is 11.1. The summed E-state index contributed by atoms with van der Waals surface area (Å²) in [6, 6.07) is 28.6. The van der Waals surface area contributed by atoms with Crippen LogP contribution >= 0.6 is 11.8 Å². The largest absolute Gasteiger partial charge is 0.464 e. The Morgan fingerprint density at radius 3 is 2.45 bits per heavy atom. The summed E-state index contributed by atoms with van der Waals surface area (Å²) in [4.78, 5) is 21.6. The van der Waals surface area contributed by atoms with Crippen molar-refractivity contribution in [3.63, 3.8) is 0 Å². The van der Waals surface area contributed by atoms with E-state index in [2.05, 4.69) is 58.5 Å². The van der Waals surface area contributed by atoms with Crippen LogP contribution in [0.3, 0.4) is 0 Å². The predicted octanol–water partition coefficient (Wildman–Crippen LogP) is 6.46. The molecule has 1 N–H and O–H groups in total. The zero-order valence-electron chi connectivity index (χ0n) is 17.0. The summed E-state index contributed by atoms with van der Waals surface area (Å²) in [6.07, 6.45) is 0. The first-order valence-corrected chi connectivity index (χ1v) is 11.0. The van der Waals surface area contributed by atoms with Gasteiger partial charge in [0.25, 0.3) is 0 Å². The van der Waals surface area contributed by atoms with Crippen molar-refractivity contribution in [3.8, 4) is 11.3 Å². The quantitative estimate of drug-likeness (QED) is 0.260. The molecule has 0 fully saturated rings. The van der Waals surface area contributed by atoms with Crippen LogP contribution in [0.25, 0.3) is 33.1 Å². The number of fused-ring (bicyclic) bond motifs is 3. The van der Waals surface area contributed by atoms with E-state index in [0.29, 0.717) is 5.69 Å². The lowest BCUT2D eigenvalue weighted by Gasteiger charge is -2.08. The molecule has 0 aliphatic heterocycles. The smallest absolute Gasteiger partial charge is 0.356 e. The summed E-state index contributed by atoms with van der Waals surface area (Å²) in [5.74, 6) is 0.478. The molecule has 0 saturated heterocycles. The maximum Gasteiger partial charge on any atom is 0.356 e. The van der Waals surface area contributed by atoms with Gasteiger partial charge in [0.2, 0.25) is 0 Å². The number of thioether (sulfide) groups is 1. The van der Waals surface area contributed by atoms with E-state index < -0.39 is 5.97 Å². The van der Waals surface area contributed by atoms with Gasteiger partial charge >= 0.3 is 5.97 Å². The lowest BCUT2D eigenvalue weighted by molar-refractivity contribution is 0.0594. The second kappa shape index (κ2) is 8.28. The lowest BCUT2D eigenvalue weighted by atomic mass is 10.1. The van der Waals surface area contributed by atoms with Gasteiger partial charge in [-0.3, -0.25) is 0 Å². The van der Waals surface area contributed by atoms with Crippen LogP contribution in [-0.4, -0.2) is 23.0 Å². The molecule has 0 aliphatic carbocycles. The van der Waals surface area contributed by atoms with E-state index in [4.69, 9.17) is 4.74 Å². The molecule has 0 atom stereocenters. The van der Waals surface area contributed by atoms with E-state index >= 15 is 0 Å². The highest BCUT2D eigenvalue weighted by atomic mass is 32.2. The number of rotatable bonds is 5. The molecule has 0 saturated carbocycles. The summed E-state index contributed by atoms with van der Waals surface area (Å²) in [6.45, 7) is 0. The maximum atomic E-state index is 12.3. The van der Waals surface area contributed by atoms with Gasteiger partial charge in [-0.05, 0) is 29.8 Å². The Morgan fingerprint density at radius 1 is 0.935 bits per heavy atom. The number of ether oxygens (including phenoxy) is 1. The Kier molecular flexibility index (Phi) is 5.18. The molecule has 0 spiro atoms. The molecule has 2 heterocycles. The number of H-pyrrole nitrogens is 1. The van der Waals surface area contributed by atoms with Gasteiger partial charge in [0.05, 0.1) is 18.3 Å². The molecule has 5 aromatic rings. The lowest BCUT2D eigenvalue weighted by Crippen LogP contribution is -2.05. The number of aromatic amines is 1. The minimum absolute atomic E-state index is 0.303. The molecule has 5 rings (SSSR count). The van der Waals surface area contributed by atoms with Gasteiger partial charge in [-0.25, -0.2) is 9.78 Å². The summed E-state index contributed by atoms with van der Waals surface area (Å²) in [5, 5.41) is 2.02. The monoisotopic (exact) mass is 424 g/mol. The predicted molar refractivity (Wildman–Crippen MR) is 126 cm³/mol. The van der Waals surface area contributed by atoms with Gasteiger partial charge in [-0.2, -0.15) is 0 Å². The van der Waals surface area contributed by atoms with E-state index in [1.807, 2.05) is 30.3 Å². The topological polar surface area (TPSA) is 55.0 Å². The van der Waals surface area contributed by atoms with Crippen molar-refractivity contribution in [2.45, 2.75) is 10.6 Å². The number of carbonyl (C=O) groups excluding carboxylic acids is 1. The number of carbonyl (C=O) groups is 1. The highest BCUT2D eigenvalue weighted by molar-refractivity contribution is 7.98. The molecule has 2 aromatic heterocycles. The van der Waals surface area contributed by atoms with Crippen molar-refractivity contribution >= 4 is 39.5 Å². The van der Waals surface area contributed by atoms with Gasteiger partial charge in [0.1, 0.15) is 5.69 Å². The summed E-state index contributed by atoms with van der Waals surface area (Å²) in [5.41, 5.74) is 5.22. The van der Waals surface area contributed by atoms with Gasteiger partial charge < -0.3 is 9.72 Å². The number of pyridine rings is 1. The standard InChI is InChI=1S/C26H20N2O2S/c1-30-26(29)23-15-21-20-9-5-6-10-22(20)27-25(21)24(28-23)18-11-13-19(14-12-18)31-16-17-7-3-2-4-8-17/h2-15,27H,16H2,1H3. The molecule has 0 unspecified atom stereocenters. The molecular formula is C26H20N2O2S. The number of nitrogens with one attached hydrogen (secondary N) is 1. The van der Waals surface area contributed by atoms with Crippen LogP contribution < -0.4 is 0 Å². The molecule has 4 nitrogen and oxygen atoms in total. The number of methoxy groups -OCH3 is 1. The number of aromatic nitrogens is 2. The van der Waals surface area contributed by atoms with Crippen molar-refractivity contribution < 1.29 is 9.53 Å². The number of hydrogen-bond donors (Lipinski definition) is 1. The molecule has 0 aliphatic rings. The minimum Gasteiger partial charge on any atom is -0.464 e. The molecule has 0 amide bonds. The second-order valence-electron chi connectivity index (χ2n) is 7.24. The van der Waals surface area contributed by atoms with E-state index in [0.717, 1.165) is 38.8 Å². The average molecular weight is 425 g/mol. The van der Waals surface area contributed by atoms with Crippen LogP contribution in [0.5, 0.6) is 0 Å². The summed E-state index contributed by atoms with van der Waals surface area (Å²) in [7, 11) is 1.38. The number of benzene rings is 3. The molecule has 0 bridgehead atoms. The van der Waals surface area contributed by atoms with Crippen LogP contribution in [0.4, 0.5) is 0 Å². The Hall–Kier alpha value is -3.57. The third-order valence-electron chi connectivity index (χ3n) is 5.27. The summed E-state index contributed by atoms with van der Waals surface area (Å²) >= 11 is 1.79. The van der Waals surface area contributed by atoms with Gasteiger partial charge in [0, 0.05) is 32.5 Å². The van der Waals surface area contributed by atoms with Crippen molar-refractivity contribution in [2.75, 3.05) is 7.11 Å². The fourth-order valence-corrected chi connectivity index (χ4v) is 4.57. The molecule has 0 radical (unpaired) electrons. The van der Waals surface area contributed by atoms with Gasteiger partial charge in [0.15, 0.2) is 0 Å². The van der Waals surface area contributed by atoms with E-state index in [1.165, 1.54) is 17.6 Å². The maximum absolute atomic E-state index is 12.3. The van der Waals surface area contributed by atoms with Crippen molar-refractivity contribution in [3.05, 3.63) is 96.2 Å². The SMILES string of the molecule is COC(=O)c1cc2c([nH]c3ccccc32)c(-c2ccc(SCc3ccccc3)cc2)n1. The Labute approximate surface area is 184 Å². The van der Waals surface area contributed by atoms with Gasteiger partial charge in [-0.15, -0.1) is 11.8 Å². The van der Waals surface area contributed by atoms with Crippen LogP contribution in [-0.2, 0) is 10.5 Å². The fourth-order valence-electron chi connectivity index (χ4n) is 3.71. The van der Waals surface area contributed by atoms with Crippen molar-refractivity contribution in [1.82, 2.24) is 9.97 Å². The molecule has 5 heteroatoms. The number of para-hydroxylation sites is 1. The number of nitrogens with zero attached hydrogens (tertiary/aromatic N) is 1. The molecule has 31 heavy (non-hydrogen) atoms. The van der Waals surface area contributed by atoms with Crippen LogP contribution in [0.15, 0.2) is 89.8 Å². The Balaban J connectivity index is 1.54. The zero-order valence-corrected chi connectivity index (χ0v) is 17.8. The van der Waals surface area contributed by atoms with Crippen molar-refractivity contribution in [1.29, 1.82) is 0 Å². The first kappa shape index (κ1) is 19.4. The Morgan fingerprint density at radius 2 is 1.68 bits per heavy atom. The first-order valence-electron chi connectivity index (χ1n) is 10.00. The van der Waals surface area contributed by atoms with E-state index in [9.17, 15) is 4.79 Å². The molecule has 152 valence electrons. The first-order chi connectivity index (χ1) is 15.2. The zero-order chi connectivity index (χ0) is 21.2. The molecular weight excluding hydrogens is 404 g/mol. The Bertz CT molecular complexity index is 1380. The number of esters is 1. The third kappa shape index (κ3) is 3.80. The number of hydrogen-bond acceptors (Lipinski definition) is 4. The molecule has 3 aromatic carbocycles. The average Bonchev–Trinajstić information content (AvgIpc) is 3.21. The highest BCUT2D eigenvalue weighted by Gasteiger charge is 2.17. The third-order valence-corrected chi connectivity index (χ3v) is 6.35. The van der Waals surface area contributed by atoms with Gasteiger partial charge in [-0.1, -0.05) is 60.7 Å². The minimum atomic E-state index is -0.441. The van der Waals surface area contributed by atoms with Crippen LogP contribution in [0.2, 0.25) is 0 Å². The highest BCUT2D eigenvalue weighted by Crippen LogP contribution is 2.34. The summed E-state index contributed by atoms with van der Waals surface area (Å²) < 4.78 is 4.94. The van der Waals surface area contributed by atoms with E-state index in [1.54, 1.807) is 17.8 Å². The van der Waals surface area contributed by atoms with Crippen molar-refractivity contribution in [2.24, 2.45) is 0 Å².